The molecular formula is C8H19NS. The maximum Gasteiger partial charge on any atom is 0.00752 e. The Labute approximate surface area is 70.2 Å². The van der Waals surface area contributed by atoms with Crippen LogP contribution in [0.4, 0.5) is 0 Å². The average Bonchev–Trinajstić information content (AvgIpc) is 1.81. The molecule has 0 unspecified atom stereocenters. The van der Waals surface area contributed by atoms with Crippen molar-refractivity contribution in [2.75, 3.05) is 12.3 Å². The average molecular weight is 161 g/mol. The van der Waals surface area contributed by atoms with E-state index >= 15 is 0 Å². The van der Waals surface area contributed by atoms with Crippen LogP contribution in [0.25, 0.3) is 0 Å². The first-order chi connectivity index (χ1) is 4.59. The monoisotopic (exact) mass is 161 g/mol. The molecule has 0 aromatic carbocycles. The Morgan fingerprint density at radius 2 is 1.50 bits per heavy atom. The minimum absolute atomic E-state index is 0.646. The predicted octanol–water partition coefficient (Wildman–Crippen LogP) is 2.04. The second kappa shape index (κ2) is 5.03. The SMILES string of the molecule is CC(C)N(CCS)C(C)C. The van der Waals surface area contributed by atoms with Gasteiger partial charge in [0.2, 0.25) is 0 Å². The van der Waals surface area contributed by atoms with Gasteiger partial charge in [-0.1, -0.05) is 0 Å². The highest BCUT2D eigenvalue weighted by molar-refractivity contribution is 7.80. The molecule has 0 heterocycles. The fourth-order valence-electron chi connectivity index (χ4n) is 1.23. The van der Waals surface area contributed by atoms with Crippen LogP contribution in [0.15, 0.2) is 0 Å². The molecule has 2 heteroatoms. The summed E-state index contributed by atoms with van der Waals surface area (Å²) in [5.41, 5.74) is 0. The summed E-state index contributed by atoms with van der Waals surface area (Å²) in [4.78, 5) is 2.44. The van der Waals surface area contributed by atoms with Gasteiger partial charge in [0, 0.05) is 24.4 Å². The van der Waals surface area contributed by atoms with Crippen LogP contribution < -0.4 is 0 Å². The summed E-state index contributed by atoms with van der Waals surface area (Å²) in [6.45, 7) is 10.00. The summed E-state index contributed by atoms with van der Waals surface area (Å²) in [5.74, 6) is 0.955. The molecule has 0 fully saturated rings. The molecule has 0 rings (SSSR count). The van der Waals surface area contributed by atoms with Crippen molar-refractivity contribution in [3.8, 4) is 0 Å². The third kappa shape index (κ3) is 3.47. The topological polar surface area (TPSA) is 3.24 Å². The second-order valence-corrected chi connectivity index (χ2v) is 3.60. The number of nitrogens with zero attached hydrogens (tertiary/aromatic N) is 1. The van der Waals surface area contributed by atoms with E-state index in [1.54, 1.807) is 0 Å². The predicted molar refractivity (Wildman–Crippen MR) is 50.8 cm³/mol. The van der Waals surface area contributed by atoms with Gasteiger partial charge in [-0.3, -0.25) is 4.90 Å². The fourth-order valence-corrected chi connectivity index (χ4v) is 1.46. The highest BCUT2D eigenvalue weighted by atomic mass is 32.1. The van der Waals surface area contributed by atoms with Crippen molar-refractivity contribution in [2.45, 2.75) is 39.8 Å². The van der Waals surface area contributed by atoms with Crippen LogP contribution in [-0.2, 0) is 0 Å². The van der Waals surface area contributed by atoms with Gasteiger partial charge < -0.3 is 0 Å². The van der Waals surface area contributed by atoms with E-state index in [1.165, 1.54) is 0 Å². The molecule has 0 aliphatic rings. The van der Waals surface area contributed by atoms with Crippen molar-refractivity contribution in [3.63, 3.8) is 0 Å². The Balaban J connectivity index is 3.73. The lowest BCUT2D eigenvalue weighted by atomic mass is 10.2. The maximum absolute atomic E-state index is 4.21. The summed E-state index contributed by atoms with van der Waals surface area (Å²) in [7, 11) is 0. The molecular weight excluding hydrogens is 142 g/mol. The van der Waals surface area contributed by atoms with Gasteiger partial charge >= 0.3 is 0 Å². The first-order valence-corrected chi connectivity index (χ1v) is 4.59. The molecule has 0 amide bonds. The van der Waals surface area contributed by atoms with Gasteiger partial charge in [-0.15, -0.1) is 0 Å². The largest absolute Gasteiger partial charge is 0.298 e. The van der Waals surface area contributed by atoms with Gasteiger partial charge in [-0.05, 0) is 27.7 Å². The molecule has 0 aromatic rings. The molecule has 62 valence electrons. The molecule has 0 saturated heterocycles. The molecule has 0 atom stereocenters. The molecule has 0 aromatic heterocycles. The lowest BCUT2D eigenvalue weighted by molar-refractivity contribution is 0.187. The standard InChI is InChI=1S/C8H19NS/c1-7(2)9(5-6-10)8(3)4/h7-8,10H,5-6H2,1-4H3. The first kappa shape index (κ1) is 10.3. The van der Waals surface area contributed by atoms with Crippen LogP contribution in [0.3, 0.4) is 0 Å². The van der Waals surface area contributed by atoms with E-state index in [0.717, 1.165) is 12.3 Å². The molecule has 0 saturated carbocycles. The molecule has 0 spiro atoms. The molecule has 1 nitrogen and oxygen atoms in total. The highest BCUT2D eigenvalue weighted by Crippen LogP contribution is 2.03. The first-order valence-electron chi connectivity index (χ1n) is 3.96. The maximum atomic E-state index is 4.21. The van der Waals surface area contributed by atoms with Crippen molar-refractivity contribution in [2.24, 2.45) is 0 Å². The van der Waals surface area contributed by atoms with Crippen LogP contribution >= 0.6 is 12.6 Å². The smallest absolute Gasteiger partial charge is 0.00752 e. The van der Waals surface area contributed by atoms with E-state index < -0.39 is 0 Å². The molecule has 10 heavy (non-hydrogen) atoms. The molecule has 0 aliphatic carbocycles. The van der Waals surface area contributed by atoms with Crippen LogP contribution in [0.2, 0.25) is 0 Å². The molecule has 0 N–H and O–H groups in total. The summed E-state index contributed by atoms with van der Waals surface area (Å²) in [6, 6.07) is 1.29. The van der Waals surface area contributed by atoms with Crippen molar-refractivity contribution < 1.29 is 0 Å². The van der Waals surface area contributed by atoms with E-state index in [1.807, 2.05) is 0 Å². The Bertz CT molecular complexity index is 73.3. The van der Waals surface area contributed by atoms with E-state index in [2.05, 4.69) is 45.2 Å². The van der Waals surface area contributed by atoms with Crippen molar-refractivity contribution in [3.05, 3.63) is 0 Å². The van der Waals surface area contributed by atoms with Gasteiger partial charge in [-0.2, -0.15) is 12.6 Å². The van der Waals surface area contributed by atoms with Crippen LogP contribution in [0.5, 0.6) is 0 Å². The Morgan fingerprint density at radius 1 is 1.10 bits per heavy atom. The normalized spacial score (nSPS) is 12.0. The zero-order valence-corrected chi connectivity index (χ0v) is 8.36. The van der Waals surface area contributed by atoms with Gasteiger partial charge in [-0.25, -0.2) is 0 Å². The minimum atomic E-state index is 0.646. The van der Waals surface area contributed by atoms with E-state index in [0.29, 0.717) is 12.1 Å². The number of hydrogen-bond donors (Lipinski definition) is 1. The number of hydrogen-bond acceptors (Lipinski definition) is 2. The van der Waals surface area contributed by atoms with E-state index in [9.17, 15) is 0 Å². The third-order valence-corrected chi connectivity index (χ3v) is 1.88. The van der Waals surface area contributed by atoms with Crippen LogP contribution in [0.1, 0.15) is 27.7 Å². The minimum Gasteiger partial charge on any atom is -0.298 e. The van der Waals surface area contributed by atoms with Gasteiger partial charge in [0.05, 0.1) is 0 Å². The lowest BCUT2D eigenvalue weighted by Crippen LogP contribution is -2.38. The van der Waals surface area contributed by atoms with Crippen LogP contribution in [0, 0.1) is 0 Å². The lowest BCUT2D eigenvalue weighted by Gasteiger charge is -2.29. The number of rotatable bonds is 4. The third-order valence-electron chi connectivity index (χ3n) is 1.68. The molecule has 0 bridgehead atoms. The van der Waals surface area contributed by atoms with Gasteiger partial charge in [0.1, 0.15) is 0 Å². The zero-order valence-electron chi connectivity index (χ0n) is 7.46. The van der Waals surface area contributed by atoms with Crippen molar-refractivity contribution in [1.29, 1.82) is 0 Å². The highest BCUT2D eigenvalue weighted by Gasteiger charge is 2.10. The van der Waals surface area contributed by atoms with Gasteiger partial charge in [0.25, 0.3) is 0 Å². The van der Waals surface area contributed by atoms with Crippen molar-refractivity contribution >= 4 is 12.6 Å². The summed E-state index contributed by atoms with van der Waals surface area (Å²) >= 11 is 4.21. The van der Waals surface area contributed by atoms with Crippen molar-refractivity contribution in [1.82, 2.24) is 4.90 Å². The molecule has 0 radical (unpaired) electrons. The summed E-state index contributed by atoms with van der Waals surface area (Å²) < 4.78 is 0. The Kier molecular flexibility index (Phi) is 5.18. The van der Waals surface area contributed by atoms with Crippen LogP contribution in [-0.4, -0.2) is 29.3 Å². The summed E-state index contributed by atoms with van der Waals surface area (Å²) in [6.07, 6.45) is 0. The fraction of sp³-hybridized carbons (Fsp3) is 1.00. The number of thiol groups is 1. The Hall–Kier alpha value is 0.310. The second-order valence-electron chi connectivity index (χ2n) is 3.15. The van der Waals surface area contributed by atoms with Gasteiger partial charge in [0.15, 0.2) is 0 Å². The zero-order chi connectivity index (χ0) is 8.15. The molecule has 0 aliphatic heterocycles. The van der Waals surface area contributed by atoms with E-state index in [-0.39, 0.29) is 0 Å². The summed E-state index contributed by atoms with van der Waals surface area (Å²) in [5, 5.41) is 0. The Morgan fingerprint density at radius 3 is 1.60 bits per heavy atom. The quantitative estimate of drug-likeness (QED) is 0.618. The van der Waals surface area contributed by atoms with E-state index in [4.69, 9.17) is 0 Å².